The lowest BCUT2D eigenvalue weighted by atomic mass is 10.0. The van der Waals surface area contributed by atoms with Crippen molar-refractivity contribution in [2.24, 2.45) is 0 Å². The average Bonchev–Trinajstić information content (AvgIpc) is 3.57. The molecule has 0 spiro atoms. The number of likely N-dealkylation sites (tertiary alicyclic amines) is 1. The number of carbonyl (C=O) groups is 1. The van der Waals surface area contributed by atoms with Crippen molar-refractivity contribution < 1.29 is 9.53 Å². The zero-order valence-electron chi connectivity index (χ0n) is 27.9. The smallest absolute Gasteiger partial charge is 0.318 e. The number of nitriles is 2. The van der Waals surface area contributed by atoms with Gasteiger partial charge in [0, 0.05) is 72.4 Å². The normalized spacial score (nSPS) is 19.2. The Hall–Kier alpha value is -5.30. The molecule has 2 saturated heterocycles. The molecule has 2 fully saturated rings. The first-order chi connectivity index (χ1) is 24.3. The third-order valence-corrected chi connectivity index (χ3v) is 10.3. The number of aromatic nitrogens is 4. The van der Waals surface area contributed by atoms with Gasteiger partial charge in [-0.1, -0.05) is 42.4 Å². The SMILES string of the molecule is C=C(C(=O)N1CCN(c2nc(OC[C@@H]3CCCN3C)nc3c2CCN(c2cccc4cccc(Cl)c24)C3)C[C@@H]1CC#N)c1cnc(C#N)nc1. The van der Waals surface area contributed by atoms with Crippen LogP contribution < -0.4 is 14.5 Å². The molecule has 1 amide bonds. The van der Waals surface area contributed by atoms with Gasteiger partial charge in [-0.3, -0.25) is 4.79 Å². The van der Waals surface area contributed by atoms with Gasteiger partial charge in [-0.05, 0) is 50.4 Å². The highest BCUT2D eigenvalue weighted by Crippen LogP contribution is 2.37. The van der Waals surface area contributed by atoms with E-state index in [0.717, 1.165) is 59.5 Å². The Morgan fingerprint density at radius 2 is 1.84 bits per heavy atom. The van der Waals surface area contributed by atoms with Crippen molar-refractivity contribution in [1.82, 2.24) is 29.7 Å². The van der Waals surface area contributed by atoms with E-state index in [2.05, 4.69) is 68.6 Å². The molecule has 7 rings (SSSR count). The van der Waals surface area contributed by atoms with E-state index in [-0.39, 0.29) is 23.7 Å². The van der Waals surface area contributed by atoms with E-state index >= 15 is 0 Å². The molecule has 0 aliphatic carbocycles. The molecule has 13 heteroatoms. The number of rotatable bonds is 8. The van der Waals surface area contributed by atoms with Crippen LogP contribution in [0.3, 0.4) is 0 Å². The third-order valence-electron chi connectivity index (χ3n) is 10.0. The van der Waals surface area contributed by atoms with Gasteiger partial charge in [-0.2, -0.15) is 20.5 Å². The van der Waals surface area contributed by atoms with E-state index in [1.54, 1.807) is 4.90 Å². The highest BCUT2D eigenvalue weighted by Gasteiger charge is 2.35. The van der Waals surface area contributed by atoms with E-state index in [4.69, 9.17) is 31.6 Å². The maximum Gasteiger partial charge on any atom is 0.318 e. The number of carbonyl (C=O) groups excluding carboxylic acids is 1. The number of halogens is 1. The van der Waals surface area contributed by atoms with Crippen LogP contribution in [0.5, 0.6) is 6.01 Å². The predicted molar refractivity (Wildman–Crippen MR) is 191 cm³/mol. The summed E-state index contributed by atoms with van der Waals surface area (Å²) in [4.78, 5) is 40.2. The number of anilines is 2. The molecule has 0 radical (unpaired) electrons. The molecular formula is C37H37ClN10O2. The summed E-state index contributed by atoms with van der Waals surface area (Å²) in [5.41, 5.74) is 3.65. The van der Waals surface area contributed by atoms with Crippen molar-refractivity contribution in [2.75, 3.05) is 56.2 Å². The number of fused-ring (bicyclic) bond motifs is 2. The number of hydrogen-bond donors (Lipinski definition) is 0. The van der Waals surface area contributed by atoms with Gasteiger partial charge in [0.2, 0.25) is 5.82 Å². The molecule has 12 nitrogen and oxygen atoms in total. The van der Waals surface area contributed by atoms with Crippen LogP contribution in [0.25, 0.3) is 16.3 Å². The van der Waals surface area contributed by atoms with Crippen LogP contribution >= 0.6 is 11.6 Å². The molecule has 0 N–H and O–H groups in total. The Morgan fingerprint density at radius 1 is 1.04 bits per heavy atom. The number of ether oxygens (including phenoxy) is 1. The molecule has 254 valence electrons. The first kappa shape index (κ1) is 33.2. The summed E-state index contributed by atoms with van der Waals surface area (Å²) in [6.07, 6.45) is 5.89. The summed E-state index contributed by atoms with van der Waals surface area (Å²) in [5, 5.41) is 21.7. The molecule has 3 aliphatic heterocycles. The predicted octanol–water partition coefficient (Wildman–Crippen LogP) is 4.62. The molecular weight excluding hydrogens is 652 g/mol. The zero-order valence-corrected chi connectivity index (χ0v) is 28.7. The van der Waals surface area contributed by atoms with Gasteiger partial charge in [0.05, 0.1) is 35.8 Å². The number of hydrogen-bond acceptors (Lipinski definition) is 11. The molecule has 4 aromatic rings. The summed E-state index contributed by atoms with van der Waals surface area (Å²) in [6.45, 7) is 8.12. The summed E-state index contributed by atoms with van der Waals surface area (Å²) in [7, 11) is 2.12. The Bertz CT molecular complexity index is 2020. The number of benzene rings is 2. The first-order valence-corrected chi connectivity index (χ1v) is 17.2. The highest BCUT2D eigenvalue weighted by molar-refractivity contribution is 6.36. The molecule has 0 unspecified atom stereocenters. The first-order valence-electron chi connectivity index (χ1n) is 16.8. The second-order valence-electron chi connectivity index (χ2n) is 13.0. The molecule has 50 heavy (non-hydrogen) atoms. The van der Waals surface area contributed by atoms with Crippen molar-refractivity contribution >= 4 is 45.4 Å². The van der Waals surface area contributed by atoms with Gasteiger partial charge in [0.15, 0.2) is 0 Å². The monoisotopic (exact) mass is 688 g/mol. The van der Waals surface area contributed by atoms with Crippen LogP contribution in [-0.4, -0.2) is 94.1 Å². The minimum absolute atomic E-state index is 0.0146. The largest absolute Gasteiger partial charge is 0.462 e. The quantitative estimate of drug-likeness (QED) is 0.240. The third kappa shape index (κ3) is 6.52. The van der Waals surface area contributed by atoms with Gasteiger partial charge in [0.25, 0.3) is 5.91 Å². The maximum atomic E-state index is 13.7. The van der Waals surface area contributed by atoms with Crippen molar-refractivity contribution in [2.45, 2.75) is 44.3 Å². The van der Waals surface area contributed by atoms with E-state index in [9.17, 15) is 10.1 Å². The van der Waals surface area contributed by atoms with Crippen molar-refractivity contribution in [3.63, 3.8) is 0 Å². The number of likely N-dealkylation sites (N-methyl/N-ethyl adjacent to an activating group) is 1. The van der Waals surface area contributed by atoms with Crippen LogP contribution in [0.15, 0.2) is 55.4 Å². The minimum atomic E-state index is -0.405. The van der Waals surface area contributed by atoms with Crippen LogP contribution in [0.4, 0.5) is 11.5 Å². The van der Waals surface area contributed by atoms with Crippen LogP contribution in [0, 0.1) is 22.7 Å². The number of amides is 1. The zero-order chi connectivity index (χ0) is 34.8. The molecule has 5 heterocycles. The molecule has 2 atom stereocenters. The molecule has 2 aromatic heterocycles. The average molecular weight is 689 g/mol. The Balaban J connectivity index is 1.18. The Labute approximate surface area is 296 Å². The fraction of sp³-hybridized carbons (Fsp3) is 0.378. The van der Waals surface area contributed by atoms with Crippen LogP contribution in [-0.2, 0) is 17.8 Å². The van der Waals surface area contributed by atoms with E-state index in [0.29, 0.717) is 61.8 Å². The van der Waals surface area contributed by atoms with Gasteiger partial charge in [0.1, 0.15) is 18.5 Å². The number of piperazine rings is 1. The molecule has 2 aromatic carbocycles. The van der Waals surface area contributed by atoms with Gasteiger partial charge < -0.3 is 24.3 Å². The lowest BCUT2D eigenvalue weighted by molar-refractivity contribution is -0.127. The Kier molecular flexibility index (Phi) is 9.48. The lowest BCUT2D eigenvalue weighted by Crippen LogP contribution is -2.56. The summed E-state index contributed by atoms with van der Waals surface area (Å²) < 4.78 is 6.33. The molecule has 0 saturated carbocycles. The van der Waals surface area contributed by atoms with Gasteiger partial charge in [-0.25, -0.2) is 9.97 Å². The van der Waals surface area contributed by atoms with Gasteiger partial charge in [-0.15, -0.1) is 0 Å². The highest BCUT2D eigenvalue weighted by atomic mass is 35.5. The summed E-state index contributed by atoms with van der Waals surface area (Å²) in [6, 6.07) is 16.6. The standard InChI is InChI=1S/C37H37ClN10O2/c1-24(26-19-41-33(18-40)42-20-26)36(49)48-17-16-47(21-27(48)11-13-39)35-29-12-15-46(32-10-4-7-25-6-3-9-30(38)34(25)32)22-31(29)43-37(44-35)50-23-28-8-5-14-45(28)2/h3-4,6-7,9-10,19-20,27-28H,1,5,8,11-12,14-17,21-23H2,2H3/t27-,28-/m0/s1. The lowest BCUT2D eigenvalue weighted by Gasteiger charge is -2.42. The summed E-state index contributed by atoms with van der Waals surface area (Å²) >= 11 is 6.73. The number of nitrogens with zero attached hydrogens (tertiary/aromatic N) is 10. The fourth-order valence-electron chi connectivity index (χ4n) is 7.25. The minimum Gasteiger partial charge on any atom is -0.462 e. The topological polar surface area (TPSA) is 138 Å². The van der Waals surface area contributed by atoms with E-state index in [1.807, 2.05) is 18.2 Å². The van der Waals surface area contributed by atoms with Crippen molar-refractivity contribution in [1.29, 1.82) is 10.5 Å². The van der Waals surface area contributed by atoms with Crippen molar-refractivity contribution in [3.05, 3.63) is 83.0 Å². The van der Waals surface area contributed by atoms with Gasteiger partial charge >= 0.3 is 6.01 Å². The van der Waals surface area contributed by atoms with Crippen molar-refractivity contribution in [3.8, 4) is 18.1 Å². The Morgan fingerprint density at radius 3 is 2.58 bits per heavy atom. The molecule has 3 aliphatic rings. The van der Waals surface area contributed by atoms with Crippen LogP contribution in [0.2, 0.25) is 5.02 Å². The maximum absolute atomic E-state index is 13.7. The van der Waals surface area contributed by atoms with E-state index in [1.165, 1.54) is 12.4 Å². The second kappa shape index (κ2) is 14.3. The summed E-state index contributed by atoms with van der Waals surface area (Å²) in [5.74, 6) is 0.507. The second-order valence-corrected chi connectivity index (χ2v) is 13.4. The van der Waals surface area contributed by atoms with Crippen LogP contribution in [0.1, 0.15) is 41.9 Å². The van der Waals surface area contributed by atoms with E-state index < -0.39 is 6.04 Å². The molecule has 0 bridgehead atoms. The fourth-order valence-corrected chi connectivity index (χ4v) is 7.53.